The van der Waals surface area contributed by atoms with Crippen LogP contribution in [-0.4, -0.2) is 32.7 Å². The van der Waals surface area contributed by atoms with Gasteiger partial charge in [-0.25, -0.2) is 4.98 Å². The van der Waals surface area contributed by atoms with Gasteiger partial charge in [0.1, 0.15) is 6.61 Å². The SMILES string of the molecule is CCC#C[C@@H](CCO)Nc1nc(N)ncc1OCc1cccnc1. The van der Waals surface area contributed by atoms with Crippen LogP contribution in [0.2, 0.25) is 0 Å². The summed E-state index contributed by atoms with van der Waals surface area (Å²) in [6.45, 7) is 2.32. The molecule has 2 heterocycles. The highest BCUT2D eigenvalue weighted by Crippen LogP contribution is 2.23. The lowest BCUT2D eigenvalue weighted by Crippen LogP contribution is -2.21. The van der Waals surface area contributed by atoms with Crippen LogP contribution >= 0.6 is 0 Å². The van der Waals surface area contributed by atoms with Crippen molar-refractivity contribution < 1.29 is 9.84 Å². The highest BCUT2D eigenvalue weighted by molar-refractivity contribution is 5.53. The summed E-state index contributed by atoms with van der Waals surface area (Å²) in [5.41, 5.74) is 6.60. The molecule has 1 atom stereocenters. The number of nitrogens with zero attached hydrogens (tertiary/aromatic N) is 3. The predicted molar refractivity (Wildman–Crippen MR) is 92.2 cm³/mol. The Morgan fingerprint density at radius 2 is 2.29 bits per heavy atom. The van der Waals surface area contributed by atoms with Crippen molar-refractivity contribution in [2.24, 2.45) is 0 Å². The molecule has 126 valence electrons. The lowest BCUT2D eigenvalue weighted by Gasteiger charge is -2.16. The van der Waals surface area contributed by atoms with Gasteiger partial charge in [0.2, 0.25) is 5.95 Å². The van der Waals surface area contributed by atoms with Crippen molar-refractivity contribution in [2.75, 3.05) is 17.7 Å². The molecule has 0 aliphatic heterocycles. The zero-order valence-electron chi connectivity index (χ0n) is 13.6. The third kappa shape index (κ3) is 5.41. The van der Waals surface area contributed by atoms with Crippen molar-refractivity contribution >= 4 is 11.8 Å². The van der Waals surface area contributed by atoms with Gasteiger partial charge in [0, 0.05) is 37.4 Å². The lowest BCUT2D eigenvalue weighted by molar-refractivity contribution is 0.285. The van der Waals surface area contributed by atoms with Crippen LogP contribution in [0, 0.1) is 11.8 Å². The molecular formula is C17H21N5O2. The molecule has 24 heavy (non-hydrogen) atoms. The smallest absolute Gasteiger partial charge is 0.222 e. The van der Waals surface area contributed by atoms with Crippen molar-refractivity contribution in [3.8, 4) is 17.6 Å². The summed E-state index contributed by atoms with van der Waals surface area (Å²) in [7, 11) is 0. The van der Waals surface area contributed by atoms with E-state index in [1.165, 1.54) is 6.20 Å². The van der Waals surface area contributed by atoms with Gasteiger partial charge in [-0.2, -0.15) is 4.98 Å². The number of hydrogen-bond acceptors (Lipinski definition) is 7. The van der Waals surface area contributed by atoms with E-state index in [1.807, 2.05) is 19.1 Å². The summed E-state index contributed by atoms with van der Waals surface area (Å²) in [5, 5.41) is 12.3. The van der Waals surface area contributed by atoms with Crippen molar-refractivity contribution in [2.45, 2.75) is 32.4 Å². The highest BCUT2D eigenvalue weighted by atomic mass is 16.5. The van der Waals surface area contributed by atoms with Crippen LogP contribution in [0.3, 0.4) is 0 Å². The third-order valence-electron chi connectivity index (χ3n) is 3.07. The van der Waals surface area contributed by atoms with E-state index in [-0.39, 0.29) is 18.6 Å². The molecule has 0 spiro atoms. The van der Waals surface area contributed by atoms with Gasteiger partial charge in [-0.15, -0.1) is 5.92 Å². The van der Waals surface area contributed by atoms with E-state index in [0.29, 0.717) is 24.6 Å². The number of rotatable bonds is 7. The van der Waals surface area contributed by atoms with E-state index in [9.17, 15) is 5.11 Å². The fraction of sp³-hybridized carbons (Fsp3) is 0.353. The minimum absolute atomic E-state index is 0.0164. The van der Waals surface area contributed by atoms with Crippen molar-refractivity contribution in [3.63, 3.8) is 0 Å². The molecule has 0 aliphatic rings. The monoisotopic (exact) mass is 327 g/mol. The molecule has 0 radical (unpaired) electrons. The van der Waals surface area contributed by atoms with E-state index in [2.05, 4.69) is 32.1 Å². The van der Waals surface area contributed by atoms with Gasteiger partial charge in [-0.1, -0.05) is 18.9 Å². The van der Waals surface area contributed by atoms with Crippen LogP contribution in [-0.2, 0) is 6.61 Å². The van der Waals surface area contributed by atoms with Gasteiger partial charge in [-0.05, 0) is 6.07 Å². The number of hydrogen-bond donors (Lipinski definition) is 3. The number of nitrogens with two attached hydrogens (primary N) is 1. The first kappa shape index (κ1) is 17.5. The van der Waals surface area contributed by atoms with Crippen LogP contribution in [0.15, 0.2) is 30.7 Å². The van der Waals surface area contributed by atoms with Gasteiger partial charge in [-0.3, -0.25) is 4.98 Å². The predicted octanol–water partition coefficient (Wildman–Crippen LogP) is 1.61. The highest BCUT2D eigenvalue weighted by Gasteiger charge is 2.12. The molecule has 0 aromatic carbocycles. The maximum absolute atomic E-state index is 9.19. The number of ether oxygens (including phenoxy) is 1. The fourth-order valence-corrected chi connectivity index (χ4v) is 1.94. The maximum atomic E-state index is 9.19. The Bertz CT molecular complexity index is 697. The minimum Gasteiger partial charge on any atom is -0.483 e. The van der Waals surface area contributed by atoms with Crippen molar-refractivity contribution in [1.29, 1.82) is 0 Å². The van der Waals surface area contributed by atoms with Gasteiger partial charge in [0.05, 0.1) is 12.2 Å². The minimum atomic E-state index is -0.245. The second-order valence-electron chi connectivity index (χ2n) is 4.97. The molecule has 0 fully saturated rings. The Morgan fingerprint density at radius 1 is 1.42 bits per heavy atom. The van der Waals surface area contributed by atoms with Crippen molar-refractivity contribution in [1.82, 2.24) is 15.0 Å². The van der Waals surface area contributed by atoms with Crippen LogP contribution in [0.25, 0.3) is 0 Å². The number of nitrogens with one attached hydrogen (secondary N) is 1. The summed E-state index contributed by atoms with van der Waals surface area (Å²) in [6.07, 6.45) is 6.16. The largest absolute Gasteiger partial charge is 0.483 e. The van der Waals surface area contributed by atoms with Gasteiger partial charge < -0.3 is 20.9 Å². The molecule has 4 N–H and O–H groups in total. The first-order valence-corrected chi connectivity index (χ1v) is 7.73. The van der Waals surface area contributed by atoms with Crippen LogP contribution in [0.5, 0.6) is 5.75 Å². The normalized spacial score (nSPS) is 11.2. The summed E-state index contributed by atoms with van der Waals surface area (Å²) in [5.74, 6) is 7.11. The fourth-order valence-electron chi connectivity index (χ4n) is 1.94. The Morgan fingerprint density at radius 3 is 3.00 bits per heavy atom. The summed E-state index contributed by atoms with van der Waals surface area (Å²) in [4.78, 5) is 12.2. The molecule has 2 rings (SSSR count). The molecule has 0 bridgehead atoms. The second kappa shape index (κ2) is 9.33. The first-order valence-electron chi connectivity index (χ1n) is 7.73. The second-order valence-corrected chi connectivity index (χ2v) is 4.97. The molecule has 0 saturated heterocycles. The molecule has 0 aliphatic carbocycles. The Kier molecular flexibility index (Phi) is 6.80. The molecule has 2 aromatic rings. The van der Waals surface area contributed by atoms with Gasteiger partial charge in [0.25, 0.3) is 0 Å². The molecule has 0 saturated carbocycles. The molecule has 0 unspecified atom stereocenters. The molecule has 2 aromatic heterocycles. The van der Waals surface area contributed by atoms with Gasteiger partial charge in [0.15, 0.2) is 11.6 Å². The number of aromatic nitrogens is 3. The number of aliphatic hydroxyl groups is 1. The van der Waals surface area contributed by atoms with Gasteiger partial charge >= 0.3 is 0 Å². The number of pyridine rings is 1. The standard InChI is InChI=1S/C17H21N5O2/c1-2-3-6-14(7-9-23)21-16-15(11-20-17(18)22-16)24-12-13-5-4-8-19-10-13/h4-5,8,10-11,14,23H,2,7,9,12H2,1H3,(H3,18,20,21,22)/t14-/m0/s1. The zero-order chi connectivity index (χ0) is 17.2. The van der Waals surface area contributed by atoms with Crippen LogP contribution in [0.4, 0.5) is 11.8 Å². The van der Waals surface area contributed by atoms with Crippen molar-refractivity contribution in [3.05, 3.63) is 36.3 Å². The van der Waals surface area contributed by atoms with E-state index in [4.69, 9.17) is 10.5 Å². The van der Waals surface area contributed by atoms with Crippen LogP contribution < -0.4 is 15.8 Å². The summed E-state index contributed by atoms with van der Waals surface area (Å²) in [6, 6.07) is 3.51. The third-order valence-corrected chi connectivity index (χ3v) is 3.07. The maximum Gasteiger partial charge on any atom is 0.222 e. The van der Waals surface area contributed by atoms with E-state index < -0.39 is 0 Å². The lowest BCUT2D eigenvalue weighted by atomic mass is 10.2. The zero-order valence-corrected chi connectivity index (χ0v) is 13.6. The summed E-state index contributed by atoms with van der Waals surface area (Å²) < 4.78 is 5.77. The van der Waals surface area contributed by atoms with Crippen LogP contribution in [0.1, 0.15) is 25.3 Å². The average molecular weight is 327 g/mol. The molecular weight excluding hydrogens is 306 g/mol. The number of anilines is 2. The Hall–Kier alpha value is -2.85. The molecule has 7 heteroatoms. The quantitative estimate of drug-likeness (QED) is 0.663. The molecule has 0 amide bonds. The van der Waals surface area contributed by atoms with E-state index in [0.717, 1.165) is 12.0 Å². The van der Waals surface area contributed by atoms with E-state index in [1.54, 1.807) is 12.4 Å². The first-order chi connectivity index (χ1) is 11.7. The number of aliphatic hydroxyl groups excluding tert-OH is 1. The van der Waals surface area contributed by atoms with E-state index >= 15 is 0 Å². The Labute approximate surface area is 141 Å². The Balaban J connectivity index is 2.14. The topological polar surface area (TPSA) is 106 Å². The molecule has 7 nitrogen and oxygen atoms in total. The summed E-state index contributed by atoms with van der Waals surface area (Å²) >= 11 is 0. The average Bonchev–Trinajstić information content (AvgIpc) is 2.60. The number of nitrogen functional groups attached to an aromatic ring is 1.